The number of rotatable bonds is 7. The molecule has 3 aromatic carbocycles. The monoisotopic (exact) mass is 554 g/mol. The van der Waals surface area contributed by atoms with Gasteiger partial charge in [0.15, 0.2) is 0 Å². The van der Waals surface area contributed by atoms with E-state index in [4.69, 9.17) is 0 Å². The average molecular weight is 555 g/mol. The van der Waals surface area contributed by atoms with Crippen LogP contribution in [0.5, 0.6) is 0 Å². The van der Waals surface area contributed by atoms with Gasteiger partial charge in [-0.3, -0.25) is 14.5 Å². The van der Waals surface area contributed by atoms with Crippen molar-refractivity contribution in [1.82, 2.24) is 9.47 Å². The van der Waals surface area contributed by atoms with Gasteiger partial charge in [-0.05, 0) is 67.3 Å². The van der Waals surface area contributed by atoms with Crippen LogP contribution in [-0.2, 0) is 6.54 Å². The Balaban J connectivity index is 1.12. The maximum atomic E-state index is 15.3. The van der Waals surface area contributed by atoms with Crippen LogP contribution in [0.4, 0.5) is 15.8 Å². The van der Waals surface area contributed by atoms with Crippen molar-refractivity contribution >= 4 is 34.2 Å². The van der Waals surface area contributed by atoms with E-state index in [1.165, 1.54) is 12.3 Å². The highest BCUT2D eigenvalue weighted by molar-refractivity contribution is 6.04. The van der Waals surface area contributed by atoms with Crippen LogP contribution in [0.2, 0.25) is 0 Å². The Morgan fingerprint density at radius 1 is 1.00 bits per heavy atom. The first-order valence-electron chi connectivity index (χ1n) is 13.8. The highest BCUT2D eigenvalue weighted by Crippen LogP contribution is 2.38. The molecule has 0 bridgehead atoms. The number of carboxylic acid groups (broad SMARTS) is 1. The van der Waals surface area contributed by atoms with E-state index in [0.717, 1.165) is 42.7 Å². The first kappa shape index (κ1) is 26.7. The predicted molar refractivity (Wildman–Crippen MR) is 156 cm³/mol. The summed E-state index contributed by atoms with van der Waals surface area (Å²) < 4.78 is 17.1. The summed E-state index contributed by atoms with van der Waals surface area (Å²) in [6.07, 6.45) is 3.21. The van der Waals surface area contributed by atoms with Crippen LogP contribution < -0.4 is 15.6 Å². The van der Waals surface area contributed by atoms with Crippen LogP contribution in [0.3, 0.4) is 0 Å². The van der Waals surface area contributed by atoms with E-state index in [1.807, 2.05) is 64.9 Å². The van der Waals surface area contributed by atoms with Crippen molar-refractivity contribution < 1.29 is 19.1 Å². The maximum absolute atomic E-state index is 15.3. The maximum Gasteiger partial charge on any atom is 0.341 e. The fourth-order valence-corrected chi connectivity index (χ4v) is 5.50. The fourth-order valence-electron chi connectivity index (χ4n) is 5.50. The molecule has 1 saturated carbocycles. The summed E-state index contributed by atoms with van der Waals surface area (Å²) >= 11 is 0. The number of aromatic carboxylic acids is 1. The number of pyridine rings is 1. The van der Waals surface area contributed by atoms with Crippen molar-refractivity contribution in [2.45, 2.75) is 32.4 Å². The molecule has 6 rings (SSSR count). The van der Waals surface area contributed by atoms with E-state index < -0.39 is 17.2 Å². The molecule has 1 aromatic heterocycles. The Hall–Kier alpha value is -4.50. The third-order valence-electron chi connectivity index (χ3n) is 7.88. The number of anilines is 2. The Bertz CT molecular complexity index is 1700. The molecule has 0 atom stereocenters. The van der Waals surface area contributed by atoms with Crippen LogP contribution in [0.25, 0.3) is 10.9 Å². The first-order valence-corrected chi connectivity index (χ1v) is 13.8. The summed E-state index contributed by atoms with van der Waals surface area (Å²) in [7, 11) is 0. The third kappa shape index (κ3) is 5.58. The van der Waals surface area contributed by atoms with Gasteiger partial charge in [-0.1, -0.05) is 24.3 Å². The van der Waals surface area contributed by atoms with Crippen molar-refractivity contribution in [2.75, 3.05) is 36.4 Å². The Morgan fingerprint density at radius 3 is 2.39 bits per heavy atom. The number of carbonyl (C=O) groups is 2. The highest BCUT2D eigenvalue weighted by Gasteiger charge is 2.28. The summed E-state index contributed by atoms with van der Waals surface area (Å²) in [6.45, 7) is 5.36. The zero-order valence-electron chi connectivity index (χ0n) is 22.8. The van der Waals surface area contributed by atoms with Crippen LogP contribution in [0.15, 0.2) is 71.7 Å². The van der Waals surface area contributed by atoms with Gasteiger partial charge < -0.3 is 19.9 Å². The largest absolute Gasteiger partial charge is 0.477 e. The van der Waals surface area contributed by atoms with E-state index in [1.54, 1.807) is 6.07 Å². The van der Waals surface area contributed by atoms with Crippen molar-refractivity contribution in [1.29, 1.82) is 0 Å². The van der Waals surface area contributed by atoms with E-state index in [9.17, 15) is 19.5 Å². The normalized spacial score (nSPS) is 15.7. The van der Waals surface area contributed by atoms with Gasteiger partial charge in [0, 0.05) is 61.6 Å². The molecule has 1 amide bonds. The van der Waals surface area contributed by atoms with Crippen molar-refractivity contribution in [2.24, 2.45) is 0 Å². The number of aromatic nitrogens is 1. The molecular formula is C32H31FN4O4. The molecule has 1 saturated heterocycles. The number of carboxylic acids is 1. The molecule has 41 heavy (non-hydrogen) atoms. The van der Waals surface area contributed by atoms with Gasteiger partial charge in [0.05, 0.1) is 11.2 Å². The third-order valence-corrected chi connectivity index (χ3v) is 7.88. The van der Waals surface area contributed by atoms with Crippen molar-refractivity contribution in [3.05, 3.63) is 105 Å². The summed E-state index contributed by atoms with van der Waals surface area (Å²) in [4.78, 5) is 41.3. The number of fused-ring (bicyclic) bond motifs is 1. The van der Waals surface area contributed by atoms with E-state index in [-0.39, 0.29) is 22.9 Å². The number of piperazine rings is 1. The van der Waals surface area contributed by atoms with Gasteiger partial charge in [-0.2, -0.15) is 0 Å². The molecular weight excluding hydrogens is 523 g/mol. The van der Waals surface area contributed by atoms with E-state index in [0.29, 0.717) is 36.4 Å². The minimum atomic E-state index is -1.30. The molecule has 0 spiro atoms. The first-order chi connectivity index (χ1) is 19.8. The van der Waals surface area contributed by atoms with Crippen molar-refractivity contribution in [3.8, 4) is 0 Å². The number of nitrogens with one attached hydrogen (secondary N) is 1. The second-order valence-electron chi connectivity index (χ2n) is 10.9. The quantitative estimate of drug-likeness (QED) is 0.332. The lowest BCUT2D eigenvalue weighted by Gasteiger charge is -2.36. The molecule has 0 radical (unpaired) electrons. The van der Waals surface area contributed by atoms with Crippen LogP contribution in [0.1, 0.15) is 50.7 Å². The van der Waals surface area contributed by atoms with E-state index >= 15 is 4.39 Å². The molecule has 8 nitrogen and oxygen atoms in total. The number of halogens is 1. The molecule has 2 aliphatic rings. The molecule has 4 aromatic rings. The molecule has 2 heterocycles. The lowest BCUT2D eigenvalue weighted by molar-refractivity contribution is 0.0694. The molecule has 0 unspecified atom stereocenters. The standard InChI is InChI=1S/C32H31FN4O4/c1-20-3-2-4-23(15-20)34-31(39)22-7-5-21(6-8-22)18-35-11-13-36(14-12-35)29-17-28-25(16-27(29)33)30(38)26(32(40)41)19-37(28)24-9-10-24/h2-8,15-17,19,24H,9-14,18H2,1H3,(H,34,39)(H,40,41). The number of amides is 1. The van der Waals surface area contributed by atoms with Gasteiger partial charge >= 0.3 is 5.97 Å². The number of nitrogens with zero attached hydrogens (tertiary/aromatic N) is 3. The van der Waals surface area contributed by atoms with Crippen LogP contribution >= 0.6 is 0 Å². The number of aryl methyl sites for hydroxylation is 1. The summed E-state index contributed by atoms with van der Waals surface area (Å²) in [5.74, 6) is -1.97. The fraction of sp³-hybridized carbons (Fsp3) is 0.281. The molecule has 9 heteroatoms. The number of carbonyl (C=O) groups excluding carboxylic acids is 1. The summed E-state index contributed by atoms with van der Waals surface area (Å²) in [5.41, 5.74) is 3.54. The number of hydrogen-bond acceptors (Lipinski definition) is 5. The van der Waals surface area contributed by atoms with E-state index in [2.05, 4.69) is 10.2 Å². The summed E-state index contributed by atoms with van der Waals surface area (Å²) in [6, 6.07) is 18.3. The zero-order chi connectivity index (χ0) is 28.7. The topological polar surface area (TPSA) is 94.9 Å². The lowest BCUT2D eigenvalue weighted by atomic mass is 10.1. The molecule has 1 aliphatic heterocycles. The molecule has 2 fully saturated rings. The average Bonchev–Trinajstić information content (AvgIpc) is 3.80. The SMILES string of the molecule is Cc1cccc(NC(=O)c2ccc(CN3CCN(c4cc5c(cc4F)c(=O)c(C(=O)O)cn5C4CC4)CC3)cc2)c1. The van der Waals surface area contributed by atoms with Gasteiger partial charge in [0.1, 0.15) is 11.4 Å². The second-order valence-corrected chi connectivity index (χ2v) is 10.9. The predicted octanol–water partition coefficient (Wildman–Crippen LogP) is 5.06. The molecule has 210 valence electrons. The molecule has 2 N–H and O–H groups in total. The van der Waals surface area contributed by atoms with Crippen LogP contribution in [-0.4, -0.2) is 52.6 Å². The number of hydrogen-bond donors (Lipinski definition) is 2. The van der Waals surface area contributed by atoms with Gasteiger partial charge in [-0.15, -0.1) is 0 Å². The van der Waals surface area contributed by atoms with Gasteiger partial charge in [0.25, 0.3) is 5.91 Å². The Morgan fingerprint density at radius 2 is 1.73 bits per heavy atom. The van der Waals surface area contributed by atoms with Crippen molar-refractivity contribution in [3.63, 3.8) is 0 Å². The van der Waals surface area contributed by atoms with Gasteiger partial charge in [0.2, 0.25) is 5.43 Å². The Kier molecular flexibility index (Phi) is 7.05. The minimum Gasteiger partial charge on any atom is -0.477 e. The van der Waals surface area contributed by atoms with Gasteiger partial charge in [-0.25, -0.2) is 9.18 Å². The smallest absolute Gasteiger partial charge is 0.341 e. The minimum absolute atomic E-state index is 0.104. The van der Waals surface area contributed by atoms with Crippen LogP contribution in [0, 0.1) is 12.7 Å². The Labute approximate surface area is 236 Å². The second kappa shape index (κ2) is 10.8. The summed E-state index contributed by atoms with van der Waals surface area (Å²) in [5, 5.41) is 12.5. The molecule has 1 aliphatic carbocycles. The number of benzene rings is 3. The zero-order valence-corrected chi connectivity index (χ0v) is 22.8. The highest BCUT2D eigenvalue weighted by atomic mass is 19.1. The lowest BCUT2D eigenvalue weighted by Crippen LogP contribution is -2.46.